The molecule has 0 aliphatic carbocycles. The van der Waals surface area contributed by atoms with E-state index in [0.29, 0.717) is 6.04 Å². The van der Waals surface area contributed by atoms with Crippen molar-refractivity contribution in [1.82, 2.24) is 0 Å². The third-order valence-corrected chi connectivity index (χ3v) is 4.72. The molecule has 3 aliphatic rings. The number of likely N-dealkylation sites (N-methyl/N-ethyl adjacent to an activating group) is 1. The monoisotopic (exact) mass is 213 g/mol. The Labute approximate surface area is 92.6 Å². The van der Waals surface area contributed by atoms with Crippen LogP contribution in [0, 0.1) is 0 Å². The van der Waals surface area contributed by atoms with Gasteiger partial charge in [-0.25, -0.2) is 0 Å². The summed E-state index contributed by atoms with van der Waals surface area (Å²) in [6, 6.07) is 0.693. The van der Waals surface area contributed by atoms with Gasteiger partial charge >= 0.3 is 0 Å². The van der Waals surface area contributed by atoms with Crippen LogP contribution in [0.3, 0.4) is 0 Å². The molecule has 3 N–H and O–H groups in total. The van der Waals surface area contributed by atoms with Gasteiger partial charge in [-0.05, 0) is 6.92 Å². The molecular formula is C11H25N4+3. The molecular weight excluding hydrogens is 188 g/mol. The summed E-state index contributed by atoms with van der Waals surface area (Å²) < 4.78 is 2.62. The third-order valence-electron chi connectivity index (χ3n) is 4.72. The zero-order chi connectivity index (χ0) is 10.9. The molecule has 15 heavy (non-hydrogen) atoms. The van der Waals surface area contributed by atoms with Crippen LogP contribution < -0.4 is 10.7 Å². The van der Waals surface area contributed by atoms with Crippen molar-refractivity contribution in [3.05, 3.63) is 0 Å². The maximum Gasteiger partial charge on any atom is 0.227 e. The van der Waals surface area contributed by atoms with Gasteiger partial charge in [-0.1, -0.05) is 0 Å². The van der Waals surface area contributed by atoms with Gasteiger partial charge in [0.25, 0.3) is 0 Å². The number of rotatable bonds is 3. The van der Waals surface area contributed by atoms with E-state index in [4.69, 9.17) is 5.73 Å². The molecule has 0 aromatic carbocycles. The molecule has 86 valence electrons. The van der Waals surface area contributed by atoms with Crippen LogP contribution in [0.15, 0.2) is 0 Å². The van der Waals surface area contributed by atoms with Gasteiger partial charge in [0.15, 0.2) is 0 Å². The standard InChI is InChI=1S/C11H24N4/c1-11(9-13-10-12)15-6-3-14(2,4-7-15)5-8-15/h10-11H,3-9H2,1-2H3,(H2,12,13)/q+2/p+1. The van der Waals surface area contributed by atoms with Crippen LogP contribution in [0.25, 0.3) is 0 Å². The summed E-state index contributed by atoms with van der Waals surface area (Å²) in [5.41, 5.74) is 5.38. The second kappa shape index (κ2) is 3.76. The van der Waals surface area contributed by atoms with Gasteiger partial charge in [0.1, 0.15) is 51.9 Å². The summed E-state index contributed by atoms with van der Waals surface area (Å²) in [6.45, 7) is 11.5. The summed E-state index contributed by atoms with van der Waals surface area (Å²) >= 11 is 0. The van der Waals surface area contributed by atoms with Crippen molar-refractivity contribution in [1.29, 1.82) is 0 Å². The lowest BCUT2D eigenvalue weighted by molar-refractivity contribution is -1.08. The van der Waals surface area contributed by atoms with Gasteiger partial charge in [0.2, 0.25) is 6.34 Å². The second-order valence-electron chi connectivity index (χ2n) is 5.60. The van der Waals surface area contributed by atoms with Crippen molar-refractivity contribution in [2.45, 2.75) is 13.0 Å². The Morgan fingerprint density at radius 3 is 2.20 bits per heavy atom. The number of nitrogens with two attached hydrogens (primary N) is 1. The van der Waals surface area contributed by atoms with E-state index in [1.54, 1.807) is 6.34 Å². The van der Waals surface area contributed by atoms with Crippen LogP contribution in [-0.4, -0.2) is 74.2 Å². The van der Waals surface area contributed by atoms with Crippen molar-refractivity contribution in [3.8, 4) is 0 Å². The topological polar surface area (TPSA) is 40.0 Å². The Balaban J connectivity index is 2.02. The maximum absolute atomic E-state index is 5.38. The molecule has 3 heterocycles. The van der Waals surface area contributed by atoms with Crippen LogP contribution in [0.2, 0.25) is 0 Å². The minimum atomic E-state index is 0.693. The number of quaternary nitrogens is 2. The Bertz CT molecular complexity index is 237. The highest BCUT2D eigenvalue weighted by molar-refractivity contribution is 5.42. The smallest absolute Gasteiger partial charge is 0.227 e. The molecule has 0 aromatic heterocycles. The predicted octanol–water partition coefficient (Wildman–Crippen LogP) is -2.27. The molecule has 3 aliphatic heterocycles. The number of piperazine rings is 3. The lowest BCUT2D eigenvalue weighted by Gasteiger charge is -2.56. The summed E-state index contributed by atoms with van der Waals surface area (Å²) in [5, 5.41) is 0. The molecule has 0 spiro atoms. The maximum atomic E-state index is 5.38. The van der Waals surface area contributed by atoms with E-state index >= 15 is 0 Å². The number of fused-ring (bicyclic) bond motifs is 3. The van der Waals surface area contributed by atoms with Crippen molar-refractivity contribution in [2.75, 3.05) is 52.9 Å². The van der Waals surface area contributed by atoms with Crippen molar-refractivity contribution in [3.63, 3.8) is 0 Å². The van der Waals surface area contributed by atoms with Gasteiger partial charge in [-0.15, -0.1) is 0 Å². The molecule has 2 bridgehead atoms. The Morgan fingerprint density at radius 1 is 1.20 bits per heavy atom. The minimum absolute atomic E-state index is 0.693. The number of nitrogens with zero attached hydrogens (tertiary/aromatic N) is 2. The molecule has 4 nitrogen and oxygen atoms in total. The molecule has 0 saturated carbocycles. The van der Waals surface area contributed by atoms with E-state index in [0.717, 1.165) is 6.54 Å². The highest BCUT2D eigenvalue weighted by Gasteiger charge is 2.49. The quantitative estimate of drug-likeness (QED) is 0.310. The normalized spacial score (nSPS) is 42.3. The molecule has 3 saturated heterocycles. The fourth-order valence-corrected chi connectivity index (χ4v) is 3.09. The van der Waals surface area contributed by atoms with Crippen molar-refractivity contribution < 1.29 is 14.0 Å². The zero-order valence-electron chi connectivity index (χ0n) is 10.1. The van der Waals surface area contributed by atoms with Gasteiger partial charge < -0.3 is 8.97 Å². The molecule has 1 atom stereocenters. The van der Waals surface area contributed by atoms with Crippen LogP contribution >= 0.6 is 0 Å². The highest BCUT2D eigenvalue weighted by Crippen LogP contribution is 2.26. The van der Waals surface area contributed by atoms with Crippen molar-refractivity contribution >= 4 is 6.34 Å². The largest absolute Gasteiger partial charge is 0.312 e. The average Bonchev–Trinajstić information content (AvgIpc) is 2.27. The fourth-order valence-electron chi connectivity index (χ4n) is 3.09. The predicted molar refractivity (Wildman–Crippen MR) is 61.2 cm³/mol. The van der Waals surface area contributed by atoms with Crippen LogP contribution in [-0.2, 0) is 0 Å². The first-order valence-electron chi connectivity index (χ1n) is 6.06. The lowest BCUT2D eigenvalue weighted by atomic mass is 10.0. The van der Waals surface area contributed by atoms with E-state index in [1.807, 2.05) is 0 Å². The SMILES string of the molecule is CC(C[NH+]=CN)[N+]12CC[N+](C)(CC1)CC2. The average molecular weight is 213 g/mol. The van der Waals surface area contributed by atoms with Gasteiger partial charge in [-0.3, -0.25) is 10.7 Å². The first kappa shape index (κ1) is 10.9. The van der Waals surface area contributed by atoms with Crippen molar-refractivity contribution in [2.24, 2.45) is 5.73 Å². The van der Waals surface area contributed by atoms with Crippen LogP contribution in [0.4, 0.5) is 0 Å². The van der Waals surface area contributed by atoms with E-state index in [1.165, 1.54) is 48.2 Å². The molecule has 3 rings (SSSR count). The van der Waals surface area contributed by atoms with E-state index < -0.39 is 0 Å². The molecule has 0 aromatic rings. The van der Waals surface area contributed by atoms with E-state index in [9.17, 15) is 0 Å². The molecule has 1 unspecified atom stereocenters. The Morgan fingerprint density at radius 2 is 1.73 bits per heavy atom. The summed E-state index contributed by atoms with van der Waals surface area (Å²) in [6.07, 6.45) is 1.57. The fraction of sp³-hybridized carbons (Fsp3) is 0.909. The highest BCUT2D eigenvalue weighted by atomic mass is 15.5. The zero-order valence-corrected chi connectivity index (χ0v) is 10.1. The first-order valence-corrected chi connectivity index (χ1v) is 6.06. The molecule has 0 amide bonds. The Kier molecular flexibility index (Phi) is 2.73. The molecule has 4 heteroatoms. The second-order valence-corrected chi connectivity index (χ2v) is 5.60. The number of hydrogen-bond acceptors (Lipinski definition) is 0. The van der Waals surface area contributed by atoms with E-state index in [2.05, 4.69) is 19.0 Å². The van der Waals surface area contributed by atoms with Gasteiger partial charge in [0, 0.05) is 0 Å². The van der Waals surface area contributed by atoms with Gasteiger partial charge in [-0.2, -0.15) is 0 Å². The third kappa shape index (κ3) is 1.88. The summed E-state index contributed by atoms with van der Waals surface area (Å²) in [7, 11) is 2.41. The molecule has 3 fully saturated rings. The summed E-state index contributed by atoms with van der Waals surface area (Å²) in [5.74, 6) is 0. The lowest BCUT2D eigenvalue weighted by Crippen LogP contribution is -2.82. The summed E-state index contributed by atoms with van der Waals surface area (Å²) in [4.78, 5) is 3.16. The van der Waals surface area contributed by atoms with Crippen LogP contribution in [0.5, 0.6) is 0 Å². The van der Waals surface area contributed by atoms with Gasteiger partial charge in [0.05, 0.1) is 7.05 Å². The van der Waals surface area contributed by atoms with Crippen LogP contribution in [0.1, 0.15) is 6.92 Å². The number of hydrogen-bond donors (Lipinski definition) is 2. The van der Waals surface area contributed by atoms with E-state index in [-0.39, 0.29) is 0 Å². The Hall–Kier alpha value is -0.610. The number of nitrogens with one attached hydrogen (secondary N) is 1. The minimum Gasteiger partial charge on any atom is -0.312 e. The molecule has 0 radical (unpaired) electrons. The first-order chi connectivity index (χ1) is 7.10.